The molecule has 4 saturated carbocycles. The maximum atomic E-state index is 13.6. The zero-order chi connectivity index (χ0) is 23.9. The molecule has 5 aliphatic rings. The Bertz CT molecular complexity index is 943. The number of fused-ring (bicyclic) bond motifs is 3. The first kappa shape index (κ1) is 23.8. The van der Waals surface area contributed by atoms with Gasteiger partial charge in [0.05, 0.1) is 22.7 Å². The molecule has 2 bridgehead atoms. The largest absolute Gasteiger partial charge is 0.484 e. The number of carbonyl (C=O) groups is 2. The second-order valence-corrected chi connectivity index (χ2v) is 10.8. The lowest BCUT2D eigenvalue weighted by atomic mass is 9.59. The first-order valence-corrected chi connectivity index (χ1v) is 12.5. The number of piperazine rings is 1. The topological polar surface area (TPSA) is 112 Å². The predicted molar refractivity (Wildman–Crippen MR) is 124 cm³/mol. The van der Waals surface area contributed by atoms with Gasteiger partial charge in [-0.1, -0.05) is 11.6 Å². The van der Waals surface area contributed by atoms with Crippen LogP contribution in [0.3, 0.4) is 0 Å². The average molecular weight is 495 g/mol. The maximum absolute atomic E-state index is 13.6. The van der Waals surface area contributed by atoms with Gasteiger partial charge in [-0.05, 0) is 63.0 Å². The number of hydrogen-bond acceptors (Lipinski definition) is 6. The molecule has 1 heterocycles. The van der Waals surface area contributed by atoms with Crippen molar-refractivity contribution in [3.63, 3.8) is 0 Å². The summed E-state index contributed by atoms with van der Waals surface area (Å²) in [5, 5.41) is 24.0. The van der Waals surface area contributed by atoms with E-state index >= 15 is 0 Å². The summed E-state index contributed by atoms with van der Waals surface area (Å²) in [5.74, 6) is -0.0820. The van der Waals surface area contributed by atoms with E-state index in [1.807, 2.05) is 0 Å². The number of aliphatic hydroxyl groups is 1. The Kier molecular flexibility index (Phi) is 6.48. The van der Waals surface area contributed by atoms with Crippen LogP contribution in [0, 0.1) is 11.7 Å². The Morgan fingerprint density at radius 1 is 1.15 bits per heavy atom. The molecule has 1 saturated heterocycles. The van der Waals surface area contributed by atoms with Crippen LogP contribution in [-0.2, 0) is 9.59 Å². The first-order chi connectivity index (χ1) is 16.3. The highest BCUT2D eigenvalue weighted by molar-refractivity contribution is 6.30. The Labute approximate surface area is 203 Å². The fourth-order valence-corrected chi connectivity index (χ4v) is 5.86. The van der Waals surface area contributed by atoms with Gasteiger partial charge in [0.25, 0.3) is 5.91 Å². The quantitative estimate of drug-likeness (QED) is 0.390. The maximum Gasteiger partial charge on any atom is 0.258 e. The van der Waals surface area contributed by atoms with Crippen molar-refractivity contribution < 1.29 is 23.8 Å². The highest BCUT2D eigenvalue weighted by atomic mass is 35.5. The minimum absolute atomic E-state index is 0.0169. The molecule has 0 spiro atoms. The van der Waals surface area contributed by atoms with Gasteiger partial charge in [-0.2, -0.15) is 0 Å². The zero-order valence-corrected chi connectivity index (χ0v) is 19.8. The van der Waals surface area contributed by atoms with E-state index in [4.69, 9.17) is 16.3 Å². The molecule has 1 aromatic rings. The summed E-state index contributed by atoms with van der Waals surface area (Å²) >= 11 is 5.67. The van der Waals surface area contributed by atoms with Gasteiger partial charge in [-0.25, -0.2) is 4.39 Å². The van der Waals surface area contributed by atoms with E-state index in [0.717, 1.165) is 18.5 Å². The lowest BCUT2D eigenvalue weighted by molar-refractivity contribution is -0.137. The van der Waals surface area contributed by atoms with Gasteiger partial charge in [-0.15, -0.1) is 0 Å². The summed E-state index contributed by atoms with van der Waals surface area (Å²) < 4.78 is 18.9. The third-order valence-corrected chi connectivity index (χ3v) is 8.34. The van der Waals surface area contributed by atoms with Crippen molar-refractivity contribution in [2.45, 2.75) is 74.2 Å². The van der Waals surface area contributed by atoms with Gasteiger partial charge in [0, 0.05) is 30.7 Å². The fraction of sp³-hybridized carbons (Fsp3) is 0.667. The van der Waals surface area contributed by atoms with Gasteiger partial charge < -0.3 is 31.1 Å². The lowest BCUT2D eigenvalue weighted by Crippen LogP contribution is -2.72. The molecule has 1 aromatic carbocycles. The minimum atomic E-state index is -0.774. The van der Waals surface area contributed by atoms with E-state index in [1.54, 1.807) is 0 Å². The van der Waals surface area contributed by atoms with E-state index in [2.05, 4.69) is 21.3 Å². The van der Waals surface area contributed by atoms with Gasteiger partial charge in [0.15, 0.2) is 6.61 Å². The van der Waals surface area contributed by atoms with E-state index < -0.39 is 23.0 Å². The summed E-state index contributed by atoms with van der Waals surface area (Å²) in [6.07, 6.45) is 4.65. The number of ether oxygens (including phenoxy) is 1. The molecular weight excluding hydrogens is 463 g/mol. The van der Waals surface area contributed by atoms with Gasteiger partial charge in [0.1, 0.15) is 11.6 Å². The average Bonchev–Trinajstić information content (AvgIpc) is 3.67. The molecule has 2 unspecified atom stereocenters. The van der Waals surface area contributed by atoms with Crippen molar-refractivity contribution in [1.29, 1.82) is 0 Å². The first-order valence-electron chi connectivity index (χ1n) is 12.1. The lowest BCUT2D eigenvalue weighted by Gasteiger charge is -2.56. The molecule has 5 fully saturated rings. The third kappa shape index (κ3) is 4.89. The monoisotopic (exact) mass is 494 g/mol. The number of carbonyl (C=O) groups excluding carboxylic acids is 2. The zero-order valence-electron chi connectivity index (χ0n) is 19.0. The number of aliphatic hydroxyl groups excluding tert-OH is 1. The van der Waals surface area contributed by atoms with Crippen LogP contribution in [0.2, 0.25) is 5.02 Å². The molecule has 6 rings (SSSR count). The van der Waals surface area contributed by atoms with Crippen molar-refractivity contribution in [3.05, 3.63) is 29.0 Å². The Morgan fingerprint density at radius 3 is 2.53 bits per heavy atom. The number of hydrogen-bond donors (Lipinski definition) is 5. The summed E-state index contributed by atoms with van der Waals surface area (Å²) in [7, 11) is 0. The Balaban J connectivity index is 1.12. The summed E-state index contributed by atoms with van der Waals surface area (Å²) in [6, 6.07) is 4.17. The van der Waals surface area contributed by atoms with Crippen LogP contribution in [0.25, 0.3) is 0 Å². The number of nitrogens with one attached hydrogen (secondary N) is 4. The molecule has 2 amide bonds. The Morgan fingerprint density at radius 2 is 1.91 bits per heavy atom. The van der Waals surface area contributed by atoms with Crippen molar-refractivity contribution in [3.8, 4) is 5.75 Å². The van der Waals surface area contributed by atoms with Crippen LogP contribution in [0.1, 0.15) is 44.9 Å². The number of halogens is 2. The molecule has 0 aromatic heterocycles. The van der Waals surface area contributed by atoms with Crippen LogP contribution < -0.4 is 26.0 Å². The Hall–Kier alpha value is -1.94. The van der Waals surface area contributed by atoms with Gasteiger partial charge >= 0.3 is 0 Å². The molecule has 4 aliphatic carbocycles. The predicted octanol–water partition coefficient (Wildman–Crippen LogP) is 1.25. The number of benzene rings is 1. The normalized spacial score (nSPS) is 35.0. The van der Waals surface area contributed by atoms with E-state index in [1.165, 1.54) is 25.0 Å². The molecule has 0 radical (unpaired) electrons. The number of rotatable bonds is 7. The molecule has 3 atom stereocenters. The van der Waals surface area contributed by atoms with E-state index in [-0.39, 0.29) is 35.2 Å². The molecule has 10 heteroatoms. The van der Waals surface area contributed by atoms with Crippen LogP contribution in [0.5, 0.6) is 5.75 Å². The van der Waals surface area contributed by atoms with Crippen LogP contribution in [0.4, 0.5) is 4.39 Å². The smallest absolute Gasteiger partial charge is 0.258 e. The molecule has 5 N–H and O–H groups in total. The van der Waals surface area contributed by atoms with Crippen molar-refractivity contribution in [2.24, 2.45) is 5.92 Å². The standard InChI is InChI=1S/C24H32ClFN4O4/c25-16-4-3-15(9-17(16)26)34-13-21(32)29-24-7-5-23(6-8-24,10-20(24)31)30-22(33)19-12-27-18(11-28-19)14-1-2-14/h3-4,9,14,18-20,27-28,31H,1-2,5-8,10-13H2,(H,29,32)(H,30,33)/t18?,19?,20-,23?,24?/m0/s1. The summed E-state index contributed by atoms with van der Waals surface area (Å²) in [6.45, 7) is 1.13. The molecule has 186 valence electrons. The van der Waals surface area contributed by atoms with Crippen molar-refractivity contribution in [2.75, 3.05) is 19.7 Å². The van der Waals surface area contributed by atoms with Crippen LogP contribution >= 0.6 is 11.6 Å². The van der Waals surface area contributed by atoms with Crippen LogP contribution in [0.15, 0.2) is 18.2 Å². The second kappa shape index (κ2) is 9.26. The summed E-state index contributed by atoms with van der Waals surface area (Å²) in [4.78, 5) is 25.5. The minimum Gasteiger partial charge on any atom is -0.484 e. The SMILES string of the molecule is O=C(COc1ccc(Cl)c(F)c1)NC12CCC(NC(=O)C3CNC(C4CC4)CN3)(CC1)C[C@@H]2O. The van der Waals surface area contributed by atoms with Gasteiger partial charge in [0.2, 0.25) is 5.91 Å². The molecular formula is C24H32ClFN4O4. The van der Waals surface area contributed by atoms with E-state index in [9.17, 15) is 19.1 Å². The van der Waals surface area contributed by atoms with E-state index in [0.29, 0.717) is 44.7 Å². The molecule has 34 heavy (non-hydrogen) atoms. The fourth-order valence-electron chi connectivity index (χ4n) is 5.74. The second-order valence-electron chi connectivity index (χ2n) is 10.4. The number of amides is 2. The van der Waals surface area contributed by atoms with Crippen LogP contribution in [-0.4, -0.2) is 65.9 Å². The summed E-state index contributed by atoms with van der Waals surface area (Å²) in [5.41, 5.74) is -1.18. The third-order valence-electron chi connectivity index (χ3n) is 8.03. The van der Waals surface area contributed by atoms with Crippen molar-refractivity contribution in [1.82, 2.24) is 21.3 Å². The molecule has 8 nitrogen and oxygen atoms in total. The van der Waals surface area contributed by atoms with Crippen molar-refractivity contribution >= 4 is 23.4 Å². The highest BCUT2D eigenvalue weighted by Crippen LogP contribution is 2.47. The van der Waals surface area contributed by atoms with Gasteiger partial charge in [-0.3, -0.25) is 9.59 Å². The highest BCUT2D eigenvalue weighted by Gasteiger charge is 2.55. The molecule has 1 aliphatic heterocycles.